The third kappa shape index (κ3) is 1.96. The summed E-state index contributed by atoms with van der Waals surface area (Å²) in [7, 11) is 0. The number of halogens is 1. The number of hydrogen-bond acceptors (Lipinski definition) is 2. The molecule has 0 aliphatic carbocycles. The Morgan fingerprint density at radius 2 is 2.31 bits per heavy atom. The molecule has 1 aromatic rings. The Morgan fingerprint density at radius 1 is 1.56 bits per heavy atom. The van der Waals surface area contributed by atoms with Gasteiger partial charge in [0.15, 0.2) is 0 Å². The van der Waals surface area contributed by atoms with Crippen LogP contribution in [0.15, 0.2) is 22.7 Å². The van der Waals surface area contributed by atoms with Gasteiger partial charge in [-0.1, -0.05) is 6.07 Å². The summed E-state index contributed by atoms with van der Waals surface area (Å²) in [5.41, 5.74) is 1.97. The molecule has 3 nitrogen and oxygen atoms in total. The second-order valence-corrected chi connectivity index (χ2v) is 4.84. The molecular weight excluding hydrogens is 268 g/mol. The quantitative estimate of drug-likeness (QED) is 0.793. The minimum atomic E-state index is -0.181. The number of benzene rings is 1. The first kappa shape index (κ1) is 11.2. The summed E-state index contributed by atoms with van der Waals surface area (Å²) >= 11 is 3.43. The monoisotopic (exact) mass is 278 g/mol. The molecule has 0 spiro atoms. The number of rotatable bonds is 1. The van der Waals surface area contributed by atoms with Crippen LogP contribution >= 0.6 is 15.9 Å². The van der Waals surface area contributed by atoms with Crippen LogP contribution in [0.2, 0.25) is 0 Å². The summed E-state index contributed by atoms with van der Waals surface area (Å²) in [6.07, 6.45) is 0.330. The molecule has 1 atom stereocenters. The molecule has 2 rings (SSSR count). The number of aryl methyl sites for hydroxylation is 1. The zero-order chi connectivity index (χ0) is 11.7. The maximum absolute atomic E-state index is 11.8. The molecular formula is C12H11BrN2O. The van der Waals surface area contributed by atoms with Crippen LogP contribution in [0, 0.1) is 24.2 Å². The second kappa shape index (κ2) is 4.26. The highest BCUT2D eigenvalue weighted by Crippen LogP contribution is 2.31. The Bertz CT molecular complexity index is 478. The molecule has 1 aliphatic rings. The van der Waals surface area contributed by atoms with Gasteiger partial charge < -0.3 is 4.90 Å². The molecule has 1 unspecified atom stereocenters. The van der Waals surface area contributed by atoms with Crippen molar-refractivity contribution in [1.29, 1.82) is 5.26 Å². The molecule has 0 bridgehead atoms. The second-order valence-electron chi connectivity index (χ2n) is 3.99. The van der Waals surface area contributed by atoms with Crippen LogP contribution in [0.5, 0.6) is 0 Å². The van der Waals surface area contributed by atoms with Crippen molar-refractivity contribution in [2.75, 3.05) is 11.4 Å². The molecule has 1 aliphatic heterocycles. The first-order valence-corrected chi connectivity index (χ1v) is 5.87. The lowest BCUT2D eigenvalue weighted by molar-refractivity contribution is -0.117. The average Bonchev–Trinajstić information content (AvgIpc) is 2.63. The Kier molecular flexibility index (Phi) is 2.97. The van der Waals surface area contributed by atoms with Crippen LogP contribution in [0.25, 0.3) is 0 Å². The fraction of sp³-hybridized carbons (Fsp3) is 0.333. The molecule has 16 heavy (non-hydrogen) atoms. The van der Waals surface area contributed by atoms with Crippen molar-refractivity contribution < 1.29 is 4.79 Å². The summed E-state index contributed by atoms with van der Waals surface area (Å²) in [6.45, 7) is 2.48. The summed E-state index contributed by atoms with van der Waals surface area (Å²) in [4.78, 5) is 13.4. The molecule has 0 saturated carbocycles. The smallest absolute Gasteiger partial charge is 0.228 e. The Balaban J connectivity index is 2.35. The highest BCUT2D eigenvalue weighted by Gasteiger charge is 2.31. The van der Waals surface area contributed by atoms with Gasteiger partial charge in [-0.25, -0.2) is 0 Å². The van der Waals surface area contributed by atoms with Crippen LogP contribution in [0.1, 0.15) is 12.0 Å². The number of amides is 1. The van der Waals surface area contributed by atoms with E-state index >= 15 is 0 Å². The highest BCUT2D eigenvalue weighted by atomic mass is 79.9. The van der Waals surface area contributed by atoms with Crippen molar-refractivity contribution in [3.8, 4) is 6.07 Å². The van der Waals surface area contributed by atoms with E-state index in [-0.39, 0.29) is 11.8 Å². The topological polar surface area (TPSA) is 44.1 Å². The summed E-state index contributed by atoms with van der Waals surface area (Å²) in [5, 5.41) is 8.83. The predicted octanol–water partition coefficient (Wildman–Crippen LogP) is 2.63. The minimum Gasteiger partial charge on any atom is -0.310 e. The first-order chi connectivity index (χ1) is 7.61. The SMILES string of the molecule is Cc1ccc(Br)c(N2CC(C#N)CC2=O)c1. The zero-order valence-corrected chi connectivity index (χ0v) is 10.5. The summed E-state index contributed by atoms with van der Waals surface area (Å²) < 4.78 is 0.894. The molecule has 0 aromatic heterocycles. The maximum Gasteiger partial charge on any atom is 0.228 e. The predicted molar refractivity (Wildman–Crippen MR) is 65.0 cm³/mol. The van der Waals surface area contributed by atoms with Crippen molar-refractivity contribution in [1.82, 2.24) is 0 Å². The van der Waals surface area contributed by atoms with Crippen LogP contribution in [-0.2, 0) is 4.79 Å². The highest BCUT2D eigenvalue weighted by molar-refractivity contribution is 9.10. The normalized spacial score (nSPS) is 19.9. The summed E-state index contributed by atoms with van der Waals surface area (Å²) in [6, 6.07) is 8.02. The van der Waals surface area contributed by atoms with E-state index < -0.39 is 0 Å². The number of hydrogen-bond donors (Lipinski definition) is 0. The van der Waals surface area contributed by atoms with Gasteiger partial charge in [-0.2, -0.15) is 5.26 Å². The van der Waals surface area contributed by atoms with E-state index in [1.54, 1.807) is 4.90 Å². The van der Waals surface area contributed by atoms with E-state index in [2.05, 4.69) is 22.0 Å². The van der Waals surface area contributed by atoms with Gasteiger partial charge in [-0.05, 0) is 40.5 Å². The van der Waals surface area contributed by atoms with Crippen molar-refractivity contribution >= 4 is 27.5 Å². The first-order valence-electron chi connectivity index (χ1n) is 5.08. The van der Waals surface area contributed by atoms with Crippen molar-refractivity contribution in [3.63, 3.8) is 0 Å². The Morgan fingerprint density at radius 3 is 2.94 bits per heavy atom. The van der Waals surface area contributed by atoms with Crippen LogP contribution in [0.3, 0.4) is 0 Å². The lowest BCUT2D eigenvalue weighted by Gasteiger charge is -2.18. The van der Waals surface area contributed by atoms with Crippen molar-refractivity contribution in [2.24, 2.45) is 5.92 Å². The number of carbonyl (C=O) groups excluding carboxylic acids is 1. The van der Waals surface area contributed by atoms with E-state index in [1.165, 1.54) is 0 Å². The van der Waals surface area contributed by atoms with Gasteiger partial charge in [0.05, 0.1) is 17.7 Å². The van der Waals surface area contributed by atoms with Crippen LogP contribution in [0.4, 0.5) is 5.69 Å². The number of nitriles is 1. The van der Waals surface area contributed by atoms with Gasteiger partial charge in [-0.3, -0.25) is 4.79 Å². The standard InChI is InChI=1S/C12H11BrN2O/c1-8-2-3-10(13)11(4-8)15-7-9(6-14)5-12(15)16/h2-4,9H,5,7H2,1H3. The third-order valence-corrected chi connectivity index (χ3v) is 3.37. The van der Waals surface area contributed by atoms with Gasteiger partial charge in [0.1, 0.15) is 0 Å². The molecule has 82 valence electrons. The minimum absolute atomic E-state index is 0.0258. The van der Waals surface area contributed by atoms with Crippen molar-refractivity contribution in [2.45, 2.75) is 13.3 Å². The number of anilines is 1. The van der Waals surface area contributed by atoms with Crippen LogP contribution in [-0.4, -0.2) is 12.5 Å². The molecule has 0 N–H and O–H groups in total. The van der Waals surface area contributed by atoms with Crippen LogP contribution < -0.4 is 4.90 Å². The molecule has 1 amide bonds. The number of nitrogens with zero attached hydrogens (tertiary/aromatic N) is 2. The molecule has 1 heterocycles. The van der Waals surface area contributed by atoms with E-state index in [4.69, 9.17) is 5.26 Å². The van der Waals surface area contributed by atoms with Gasteiger partial charge in [0.25, 0.3) is 0 Å². The molecule has 1 saturated heterocycles. The Labute approximate surface area is 103 Å². The van der Waals surface area contributed by atoms with E-state index in [1.807, 2.05) is 25.1 Å². The number of carbonyl (C=O) groups is 1. The fourth-order valence-electron chi connectivity index (χ4n) is 1.86. The van der Waals surface area contributed by atoms with Crippen molar-refractivity contribution in [3.05, 3.63) is 28.2 Å². The maximum atomic E-state index is 11.8. The average molecular weight is 279 g/mol. The lowest BCUT2D eigenvalue weighted by Crippen LogP contribution is -2.24. The largest absolute Gasteiger partial charge is 0.310 e. The molecule has 4 heteroatoms. The zero-order valence-electron chi connectivity index (χ0n) is 8.90. The lowest BCUT2D eigenvalue weighted by atomic mass is 10.1. The molecule has 0 radical (unpaired) electrons. The van der Waals surface area contributed by atoms with E-state index in [0.29, 0.717) is 13.0 Å². The van der Waals surface area contributed by atoms with Gasteiger partial charge in [0.2, 0.25) is 5.91 Å². The van der Waals surface area contributed by atoms with E-state index in [0.717, 1.165) is 15.7 Å². The fourth-order valence-corrected chi connectivity index (χ4v) is 2.32. The van der Waals surface area contributed by atoms with Gasteiger partial charge >= 0.3 is 0 Å². The summed E-state index contributed by atoms with van der Waals surface area (Å²) in [5.74, 6) is -0.155. The van der Waals surface area contributed by atoms with Gasteiger partial charge in [0, 0.05) is 17.4 Å². The third-order valence-electron chi connectivity index (χ3n) is 2.70. The van der Waals surface area contributed by atoms with E-state index in [9.17, 15) is 4.79 Å². The Hall–Kier alpha value is -1.34. The molecule has 1 aromatic carbocycles. The molecule has 1 fully saturated rings. The van der Waals surface area contributed by atoms with Gasteiger partial charge in [-0.15, -0.1) is 0 Å².